The molecule has 0 aliphatic rings. The quantitative estimate of drug-likeness (QED) is 0.197. The zero-order chi connectivity index (χ0) is 18.6. The summed E-state index contributed by atoms with van der Waals surface area (Å²) in [6, 6.07) is 14.4. The van der Waals surface area contributed by atoms with Gasteiger partial charge in [0.25, 0.3) is 0 Å². The highest BCUT2D eigenvalue weighted by Crippen LogP contribution is 2.18. The van der Waals surface area contributed by atoms with Crippen molar-refractivity contribution in [2.75, 3.05) is 13.7 Å². The zero-order valence-electron chi connectivity index (χ0n) is 15.0. The molecule has 0 aromatic heterocycles. The Morgan fingerprint density at radius 1 is 0.962 bits per heavy atom. The zero-order valence-corrected chi connectivity index (χ0v) is 15.0. The molecule has 26 heavy (non-hydrogen) atoms. The molecular formula is C22H24O4. The van der Waals surface area contributed by atoms with Gasteiger partial charge in [-0.05, 0) is 67.3 Å². The van der Waals surface area contributed by atoms with Gasteiger partial charge in [0.15, 0.2) is 0 Å². The summed E-state index contributed by atoms with van der Waals surface area (Å²) in [6.45, 7) is 4.39. The second-order valence-corrected chi connectivity index (χ2v) is 5.63. The first kappa shape index (κ1) is 19.3. The number of carbonyl (C=O) groups excluding carboxylic acids is 1. The molecule has 0 aliphatic carbocycles. The van der Waals surface area contributed by atoms with Crippen molar-refractivity contribution in [1.29, 1.82) is 0 Å². The molecule has 136 valence electrons. The summed E-state index contributed by atoms with van der Waals surface area (Å²) in [6.07, 6.45) is 8.13. The number of ether oxygens (including phenoxy) is 3. The van der Waals surface area contributed by atoms with Crippen LogP contribution in [0.15, 0.2) is 67.3 Å². The first-order chi connectivity index (χ1) is 12.7. The van der Waals surface area contributed by atoms with Crippen molar-refractivity contribution < 1.29 is 19.0 Å². The average Bonchev–Trinajstić information content (AvgIpc) is 2.68. The van der Waals surface area contributed by atoms with Crippen LogP contribution in [0.3, 0.4) is 0 Å². The van der Waals surface area contributed by atoms with Crippen LogP contribution in [0.2, 0.25) is 0 Å². The van der Waals surface area contributed by atoms with E-state index in [9.17, 15) is 4.79 Å². The third kappa shape index (κ3) is 6.85. The van der Waals surface area contributed by atoms with Crippen LogP contribution < -0.4 is 14.2 Å². The van der Waals surface area contributed by atoms with E-state index in [-0.39, 0.29) is 0 Å². The molecule has 0 bridgehead atoms. The fraction of sp³-hybridized carbons (Fsp3) is 0.227. The summed E-state index contributed by atoms with van der Waals surface area (Å²) in [5, 5.41) is 0. The Balaban J connectivity index is 1.79. The first-order valence-electron chi connectivity index (χ1n) is 8.59. The van der Waals surface area contributed by atoms with Gasteiger partial charge in [-0.3, -0.25) is 0 Å². The van der Waals surface area contributed by atoms with E-state index in [0.29, 0.717) is 18.1 Å². The van der Waals surface area contributed by atoms with E-state index in [1.807, 2.05) is 30.3 Å². The van der Waals surface area contributed by atoms with Crippen molar-refractivity contribution in [3.8, 4) is 17.2 Å². The number of benzene rings is 2. The van der Waals surface area contributed by atoms with Gasteiger partial charge in [0.05, 0.1) is 13.7 Å². The Hall–Kier alpha value is -3.01. The minimum absolute atomic E-state index is 0.433. The molecule has 0 fully saturated rings. The molecule has 0 unspecified atom stereocenters. The number of unbranched alkanes of at least 4 members (excludes halogenated alkanes) is 2. The highest BCUT2D eigenvalue weighted by Gasteiger charge is 2.01. The Morgan fingerprint density at radius 3 is 2.27 bits per heavy atom. The summed E-state index contributed by atoms with van der Waals surface area (Å²) in [4.78, 5) is 11.9. The number of carbonyl (C=O) groups is 1. The molecule has 0 atom stereocenters. The van der Waals surface area contributed by atoms with E-state index in [2.05, 4.69) is 6.58 Å². The Kier molecular flexibility index (Phi) is 8.00. The molecule has 2 aromatic carbocycles. The van der Waals surface area contributed by atoms with Crippen molar-refractivity contribution in [2.24, 2.45) is 0 Å². The average molecular weight is 352 g/mol. The maximum absolute atomic E-state index is 11.9. The molecule has 4 heteroatoms. The van der Waals surface area contributed by atoms with Crippen LogP contribution in [-0.2, 0) is 4.79 Å². The van der Waals surface area contributed by atoms with Crippen molar-refractivity contribution in [1.82, 2.24) is 0 Å². The summed E-state index contributed by atoms with van der Waals surface area (Å²) in [5.74, 6) is 1.57. The van der Waals surface area contributed by atoms with E-state index in [0.717, 1.165) is 30.6 Å². The lowest BCUT2D eigenvalue weighted by atomic mass is 10.2. The molecular weight excluding hydrogens is 328 g/mol. The van der Waals surface area contributed by atoms with Crippen LogP contribution >= 0.6 is 0 Å². The molecule has 2 aromatic rings. The van der Waals surface area contributed by atoms with Crippen molar-refractivity contribution in [3.05, 3.63) is 72.8 Å². The van der Waals surface area contributed by atoms with Gasteiger partial charge < -0.3 is 14.2 Å². The third-order valence-electron chi connectivity index (χ3n) is 3.64. The molecule has 0 amide bonds. The smallest absolute Gasteiger partial charge is 0.336 e. The second kappa shape index (κ2) is 10.8. The number of hydrogen-bond acceptors (Lipinski definition) is 4. The molecule has 0 aliphatic heterocycles. The van der Waals surface area contributed by atoms with Crippen LogP contribution in [0.25, 0.3) is 6.08 Å². The number of methoxy groups -OCH3 is 1. The van der Waals surface area contributed by atoms with E-state index < -0.39 is 5.97 Å². The molecule has 0 heterocycles. The van der Waals surface area contributed by atoms with Crippen molar-refractivity contribution in [2.45, 2.75) is 19.3 Å². The van der Waals surface area contributed by atoms with Gasteiger partial charge in [-0.15, -0.1) is 6.58 Å². The monoisotopic (exact) mass is 352 g/mol. The largest absolute Gasteiger partial charge is 0.497 e. The lowest BCUT2D eigenvalue weighted by Gasteiger charge is -2.05. The van der Waals surface area contributed by atoms with E-state index >= 15 is 0 Å². The molecule has 0 spiro atoms. The molecule has 0 saturated carbocycles. The first-order valence-corrected chi connectivity index (χ1v) is 8.59. The van der Waals surface area contributed by atoms with Gasteiger partial charge in [0, 0.05) is 6.08 Å². The van der Waals surface area contributed by atoms with Gasteiger partial charge in [-0.1, -0.05) is 18.2 Å². The molecule has 0 radical (unpaired) electrons. The van der Waals surface area contributed by atoms with Crippen LogP contribution in [0, 0.1) is 0 Å². The van der Waals surface area contributed by atoms with Gasteiger partial charge in [-0.2, -0.15) is 0 Å². The van der Waals surface area contributed by atoms with Crippen LogP contribution in [-0.4, -0.2) is 19.7 Å². The lowest BCUT2D eigenvalue weighted by molar-refractivity contribution is -0.128. The van der Waals surface area contributed by atoms with Gasteiger partial charge in [0.1, 0.15) is 17.2 Å². The van der Waals surface area contributed by atoms with E-state index in [1.165, 1.54) is 6.08 Å². The summed E-state index contributed by atoms with van der Waals surface area (Å²) in [5.41, 5.74) is 0.899. The second-order valence-electron chi connectivity index (χ2n) is 5.63. The number of rotatable bonds is 10. The van der Waals surface area contributed by atoms with Crippen LogP contribution in [0.4, 0.5) is 0 Å². The third-order valence-corrected chi connectivity index (χ3v) is 3.64. The van der Waals surface area contributed by atoms with Gasteiger partial charge in [0.2, 0.25) is 0 Å². The van der Waals surface area contributed by atoms with Crippen molar-refractivity contribution in [3.63, 3.8) is 0 Å². The summed E-state index contributed by atoms with van der Waals surface area (Å²) >= 11 is 0. The Labute approximate surface area is 154 Å². The maximum Gasteiger partial charge on any atom is 0.336 e. The highest BCUT2D eigenvalue weighted by molar-refractivity contribution is 5.88. The predicted octanol–water partition coefficient (Wildman–Crippen LogP) is 5.05. The maximum atomic E-state index is 11.9. The fourth-order valence-electron chi connectivity index (χ4n) is 2.21. The lowest BCUT2D eigenvalue weighted by Crippen LogP contribution is -2.03. The van der Waals surface area contributed by atoms with Crippen LogP contribution in [0.1, 0.15) is 24.8 Å². The number of esters is 1. The highest BCUT2D eigenvalue weighted by atomic mass is 16.5. The van der Waals surface area contributed by atoms with Gasteiger partial charge in [-0.25, -0.2) is 4.79 Å². The molecule has 2 rings (SSSR count). The fourth-order valence-corrected chi connectivity index (χ4v) is 2.21. The summed E-state index contributed by atoms with van der Waals surface area (Å²) < 4.78 is 16.0. The van der Waals surface area contributed by atoms with E-state index in [1.54, 1.807) is 37.5 Å². The minimum atomic E-state index is -0.433. The number of hydrogen-bond donors (Lipinski definition) is 0. The molecule has 0 N–H and O–H groups in total. The van der Waals surface area contributed by atoms with Crippen molar-refractivity contribution >= 4 is 12.0 Å². The Bertz CT molecular complexity index is 715. The Morgan fingerprint density at radius 2 is 1.62 bits per heavy atom. The van der Waals surface area contributed by atoms with Crippen LogP contribution in [0.5, 0.6) is 17.2 Å². The normalized spacial score (nSPS) is 10.5. The topological polar surface area (TPSA) is 44.8 Å². The minimum Gasteiger partial charge on any atom is -0.497 e. The van der Waals surface area contributed by atoms with Gasteiger partial charge >= 0.3 is 5.97 Å². The molecule has 4 nitrogen and oxygen atoms in total. The van der Waals surface area contributed by atoms with E-state index in [4.69, 9.17) is 14.2 Å². The summed E-state index contributed by atoms with van der Waals surface area (Å²) in [7, 11) is 1.59. The predicted molar refractivity (Wildman–Crippen MR) is 104 cm³/mol. The number of allylic oxidation sites excluding steroid dienone is 1. The SMILES string of the molecule is C=CCCCCOc1ccc(/C=C/C(=O)Oc2ccc(OC)cc2)cc1. The molecule has 0 saturated heterocycles. The standard InChI is InChI=1S/C22H24O4/c1-3-4-5-6-17-25-20-10-7-18(8-11-20)9-16-22(23)26-21-14-12-19(24-2)13-15-21/h3,7-16H,1,4-6,17H2,2H3/b16-9+.